The van der Waals surface area contributed by atoms with E-state index in [2.05, 4.69) is 27.8 Å². The quantitative estimate of drug-likeness (QED) is 0.518. The van der Waals surface area contributed by atoms with E-state index in [-0.39, 0.29) is 0 Å². The van der Waals surface area contributed by atoms with Crippen molar-refractivity contribution in [3.8, 4) is 0 Å². The number of aromatic nitrogens is 4. The summed E-state index contributed by atoms with van der Waals surface area (Å²) in [5.74, 6) is 0.936. The fraction of sp³-hybridized carbons (Fsp3) is 0.800. The average molecular weight is 139 g/mol. The Hall–Kier alpha value is -0.970. The van der Waals surface area contributed by atoms with Crippen molar-refractivity contribution in [1.82, 2.24) is 25.5 Å². The molecule has 2 heterocycles. The summed E-state index contributed by atoms with van der Waals surface area (Å²) < 4.78 is 1.83. The molecule has 1 aliphatic heterocycles. The van der Waals surface area contributed by atoms with E-state index < -0.39 is 0 Å². The van der Waals surface area contributed by atoms with Crippen molar-refractivity contribution in [1.29, 1.82) is 0 Å². The molecule has 0 spiro atoms. The molecule has 2 rings (SSSR count). The van der Waals surface area contributed by atoms with Gasteiger partial charge < -0.3 is 5.32 Å². The lowest BCUT2D eigenvalue weighted by Crippen LogP contribution is -2.32. The molecule has 1 aromatic rings. The maximum Gasteiger partial charge on any atom is 0.167 e. The third-order valence-electron chi connectivity index (χ3n) is 1.72. The van der Waals surface area contributed by atoms with Gasteiger partial charge in [-0.3, -0.25) is 0 Å². The number of nitrogens with zero attached hydrogens (tertiary/aromatic N) is 4. The molecule has 54 valence electrons. The molecule has 0 aromatic carbocycles. The van der Waals surface area contributed by atoms with Crippen molar-refractivity contribution in [3.05, 3.63) is 5.82 Å². The second kappa shape index (κ2) is 2.02. The van der Waals surface area contributed by atoms with E-state index in [1.54, 1.807) is 0 Å². The summed E-state index contributed by atoms with van der Waals surface area (Å²) in [6, 6.07) is 0.295. The molecule has 0 saturated carbocycles. The largest absolute Gasteiger partial charge is 0.306 e. The molecule has 5 heteroatoms. The zero-order valence-electron chi connectivity index (χ0n) is 5.78. The lowest BCUT2D eigenvalue weighted by Gasteiger charge is -2.18. The Morgan fingerprint density at radius 3 is 3.40 bits per heavy atom. The van der Waals surface area contributed by atoms with Gasteiger partial charge in [-0.25, -0.2) is 4.68 Å². The van der Waals surface area contributed by atoms with Crippen LogP contribution >= 0.6 is 0 Å². The van der Waals surface area contributed by atoms with Crippen LogP contribution in [0.1, 0.15) is 18.8 Å². The van der Waals surface area contributed by atoms with E-state index in [9.17, 15) is 0 Å². The fourth-order valence-corrected chi connectivity index (χ4v) is 1.16. The minimum Gasteiger partial charge on any atom is -0.306 e. The summed E-state index contributed by atoms with van der Waals surface area (Å²) >= 11 is 0. The molecule has 1 atom stereocenters. The molecule has 1 unspecified atom stereocenters. The van der Waals surface area contributed by atoms with Crippen LogP contribution in [0.2, 0.25) is 0 Å². The molecule has 1 aliphatic rings. The molecule has 0 radical (unpaired) electrons. The Morgan fingerprint density at radius 1 is 1.70 bits per heavy atom. The highest BCUT2D eigenvalue weighted by Crippen LogP contribution is 2.09. The second-order valence-corrected chi connectivity index (χ2v) is 2.44. The monoisotopic (exact) mass is 139 g/mol. The molecule has 1 N–H and O–H groups in total. The summed E-state index contributed by atoms with van der Waals surface area (Å²) in [6.45, 7) is 3.90. The summed E-state index contributed by atoms with van der Waals surface area (Å²) in [7, 11) is 0. The van der Waals surface area contributed by atoms with Crippen molar-refractivity contribution in [2.45, 2.75) is 19.5 Å². The third kappa shape index (κ3) is 0.706. The Morgan fingerprint density at radius 2 is 2.60 bits per heavy atom. The van der Waals surface area contributed by atoms with Crippen molar-refractivity contribution in [2.75, 3.05) is 6.54 Å². The smallest absolute Gasteiger partial charge is 0.167 e. The van der Waals surface area contributed by atoms with Crippen molar-refractivity contribution < 1.29 is 0 Å². The van der Waals surface area contributed by atoms with Crippen LogP contribution in [0.4, 0.5) is 0 Å². The lowest BCUT2D eigenvalue weighted by atomic mass is 10.3. The van der Waals surface area contributed by atoms with Gasteiger partial charge >= 0.3 is 0 Å². The highest BCUT2D eigenvalue weighted by molar-refractivity contribution is 4.92. The van der Waals surface area contributed by atoms with Crippen LogP contribution in [-0.4, -0.2) is 26.8 Å². The minimum atomic E-state index is 0.295. The number of rotatable bonds is 0. The van der Waals surface area contributed by atoms with Crippen molar-refractivity contribution in [3.63, 3.8) is 0 Å². The van der Waals surface area contributed by atoms with Gasteiger partial charge in [-0.15, -0.1) is 5.10 Å². The van der Waals surface area contributed by atoms with Gasteiger partial charge in [-0.05, 0) is 17.4 Å². The van der Waals surface area contributed by atoms with E-state index in [4.69, 9.17) is 0 Å². The van der Waals surface area contributed by atoms with Gasteiger partial charge in [0.1, 0.15) is 0 Å². The SMILES string of the molecule is CC1NCCn2nnnc21. The molecule has 0 fully saturated rings. The Bertz CT molecular complexity index is 230. The maximum atomic E-state index is 3.88. The Balaban J connectivity index is 2.41. The van der Waals surface area contributed by atoms with Gasteiger partial charge in [0.15, 0.2) is 5.82 Å². The van der Waals surface area contributed by atoms with Crippen LogP contribution in [0.5, 0.6) is 0 Å². The van der Waals surface area contributed by atoms with Gasteiger partial charge in [0, 0.05) is 6.54 Å². The molecule has 10 heavy (non-hydrogen) atoms. The number of nitrogens with one attached hydrogen (secondary N) is 1. The van der Waals surface area contributed by atoms with E-state index in [0.717, 1.165) is 18.9 Å². The normalized spacial score (nSPS) is 24.3. The highest BCUT2D eigenvalue weighted by Gasteiger charge is 2.17. The third-order valence-corrected chi connectivity index (χ3v) is 1.72. The van der Waals surface area contributed by atoms with Gasteiger partial charge in [-0.2, -0.15) is 0 Å². The highest BCUT2D eigenvalue weighted by atomic mass is 15.6. The van der Waals surface area contributed by atoms with Crippen LogP contribution in [0.15, 0.2) is 0 Å². The first-order valence-electron chi connectivity index (χ1n) is 3.37. The van der Waals surface area contributed by atoms with Gasteiger partial charge in [0.05, 0.1) is 12.6 Å². The summed E-state index contributed by atoms with van der Waals surface area (Å²) in [6.07, 6.45) is 0. The van der Waals surface area contributed by atoms with Gasteiger partial charge in [0.25, 0.3) is 0 Å². The molecule has 0 saturated heterocycles. The molecule has 0 bridgehead atoms. The number of hydrogen-bond donors (Lipinski definition) is 1. The molecular formula is C5H9N5. The predicted octanol–water partition coefficient (Wildman–Crippen LogP) is -0.663. The Kier molecular flexibility index (Phi) is 1.17. The number of fused-ring (bicyclic) bond motifs is 1. The van der Waals surface area contributed by atoms with Crippen molar-refractivity contribution in [2.24, 2.45) is 0 Å². The first kappa shape index (κ1) is 5.79. The van der Waals surface area contributed by atoms with Crippen molar-refractivity contribution >= 4 is 0 Å². The number of hydrogen-bond acceptors (Lipinski definition) is 4. The molecule has 5 nitrogen and oxygen atoms in total. The summed E-state index contributed by atoms with van der Waals surface area (Å²) in [5, 5.41) is 14.5. The molecular weight excluding hydrogens is 130 g/mol. The van der Waals surface area contributed by atoms with Crippen LogP contribution in [0.3, 0.4) is 0 Å². The lowest BCUT2D eigenvalue weighted by molar-refractivity contribution is 0.409. The van der Waals surface area contributed by atoms with E-state index >= 15 is 0 Å². The molecule has 0 aliphatic carbocycles. The zero-order valence-corrected chi connectivity index (χ0v) is 5.78. The maximum absolute atomic E-state index is 3.88. The minimum absolute atomic E-state index is 0.295. The van der Waals surface area contributed by atoms with Crippen LogP contribution < -0.4 is 5.32 Å². The Labute approximate surface area is 58.4 Å². The first-order chi connectivity index (χ1) is 4.88. The van der Waals surface area contributed by atoms with Gasteiger partial charge in [0.2, 0.25) is 0 Å². The standard InChI is InChI=1S/C5H9N5/c1-4-5-7-8-9-10(5)3-2-6-4/h4,6H,2-3H2,1H3. The predicted molar refractivity (Wildman–Crippen MR) is 34.2 cm³/mol. The molecule has 0 amide bonds. The zero-order chi connectivity index (χ0) is 6.97. The molecule has 1 aromatic heterocycles. The van der Waals surface area contributed by atoms with E-state index in [1.165, 1.54) is 0 Å². The van der Waals surface area contributed by atoms with Crippen LogP contribution in [0, 0.1) is 0 Å². The van der Waals surface area contributed by atoms with E-state index in [1.807, 2.05) is 4.68 Å². The van der Waals surface area contributed by atoms with E-state index in [0.29, 0.717) is 6.04 Å². The summed E-state index contributed by atoms with van der Waals surface area (Å²) in [5.41, 5.74) is 0. The summed E-state index contributed by atoms with van der Waals surface area (Å²) in [4.78, 5) is 0. The average Bonchev–Trinajstić information content (AvgIpc) is 2.36. The first-order valence-corrected chi connectivity index (χ1v) is 3.37. The van der Waals surface area contributed by atoms with Crippen LogP contribution in [0.25, 0.3) is 0 Å². The van der Waals surface area contributed by atoms with Gasteiger partial charge in [-0.1, -0.05) is 0 Å². The number of tetrazole rings is 1. The van der Waals surface area contributed by atoms with Crippen LogP contribution in [-0.2, 0) is 6.54 Å². The topological polar surface area (TPSA) is 55.6 Å². The fourth-order valence-electron chi connectivity index (χ4n) is 1.16. The second-order valence-electron chi connectivity index (χ2n) is 2.44.